The molecule has 4 bridgehead atoms. The molecule has 0 saturated heterocycles. The molecule has 0 spiro atoms. The standard InChI is InChI=1S/C22H29NO4/c1-26-19-5-3-18(4-6-19)21(25)23(8-7-20(24)27-2)22-12-15-9-16(13-22)11-17(10-15)14-22/h3-6,15-17H,7-14H2,1-2H3. The number of rotatable bonds is 6. The average molecular weight is 371 g/mol. The summed E-state index contributed by atoms with van der Waals surface area (Å²) in [6, 6.07) is 7.30. The number of methoxy groups -OCH3 is 2. The number of esters is 1. The van der Waals surface area contributed by atoms with Crippen LogP contribution in [0.25, 0.3) is 0 Å². The van der Waals surface area contributed by atoms with Crippen LogP contribution in [0.2, 0.25) is 0 Å². The molecule has 4 saturated carbocycles. The van der Waals surface area contributed by atoms with Crippen molar-refractivity contribution in [2.75, 3.05) is 20.8 Å². The Kier molecular flexibility index (Phi) is 4.87. The lowest BCUT2D eigenvalue weighted by molar-refractivity contribution is -0.141. The minimum atomic E-state index is -0.257. The summed E-state index contributed by atoms with van der Waals surface area (Å²) in [5.74, 6) is 2.72. The third-order valence-corrected chi connectivity index (χ3v) is 6.93. The van der Waals surface area contributed by atoms with Crippen molar-refractivity contribution >= 4 is 11.9 Å². The van der Waals surface area contributed by atoms with Gasteiger partial charge in [0.2, 0.25) is 0 Å². The highest BCUT2D eigenvalue weighted by Crippen LogP contribution is 2.58. The van der Waals surface area contributed by atoms with Crippen LogP contribution >= 0.6 is 0 Å². The van der Waals surface area contributed by atoms with Crippen molar-refractivity contribution < 1.29 is 19.1 Å². The molecule has 0 aromatic heterocycles. The predicted octanol–water partition coefficient (Wildman–Crippen LogP) is 3.67. The number of amides is 1. The van der Waals surface area contributed by atoms with Gasteiger partial charge in [-0.1, -0.05) is 0 Å². The van der Waals surface area contributed by atoms with Crippen molar-refractivity contribution in [2.45, 2.75) is 50.5 Å². The first-order valence-electron chi connectivity index (χ1n) is 10.1. The summed E-state index contributed by atoms with van der Waals surface area (Å²) < 4.78 is 10.1. The zero-order valence-corrected chi connectivity index (χ0v) is 16.3. The van der Waals surface area contributed by atoms with Crippen molar-refractivity contribution in [2.24, 2.45) is 17.8 Å². The topological polar surface area (TPSA) is 55.8 Å². The Bertz CT molecular complexity index is 676. The van der Waals surface area contributed by atoms with Gasteiger partial charge in [-0.2, -0.15) is 0 Å². The van der Waals surface area contributed by atoms with Crippen LogP contribution in [0.3, 0.4) is 0 Å². The molecule has 1 amide bonds. The molecule has 0 radical (unpaired) electrons. The van der Waals surface area contributed by atoms with Crippen LogP contribution in [0.4, 0.5) is 0 Å². The van der Waals surface area contributed by atoms with Gasteiger partial charge in [-0.15, -0.1) is 0 Å². The summed E-state index contributed by atoms with van der Waals surface area (Å²) in [6.07, 6.45) is 7.47. The fourth-order valence-electron chi connectivity index (χ4n) is 6.14. The van der Waals surface area contributed by atoms with Gasteiger partial charge in [0.15, 0.2) is 0 Å². The molecule has 4 fully saturated rings. The lowest BCUT2D eigenvalue weighted by atomic mass is 9.52. The van der Waals surface area contributed by atoms with Gasteiger partial charge in [0.1, 0.15) is 5.75 Å². The molecule has 0 unspecified atom stereocenters. The predicted molar refractivity (Wildman–Crippen MR) is 102 cm³/mol. The van der Waals surface area contributed by atoms with E-state index in [9.17, 15) is 9.59 Å². The summed E-state index contributed by atoms with van der Waals surface area (Å²) in [4.78, 5) is 27.3. The summed E-state index contributed by atoms with van der Waals surface area (Å²) in [6.45, 7) is 0.434. The summed E-state index contributed by atoms with van der Waals surface area (Å²) in [5.41, 5.74) is 0.580. The van der Waals surface area contributed by atoms with Crippen LogP contribution in [0.5, 0.6) is 5.75 Å². The highest BCUT2D eigenvalue weighted by Gasteiger charge is 2.54. The van der Waals surface area contributed by atoms with E-state index in [1.54, 1.807) is 7.11 Å². The van der Waals surface area contributed by atoms with Crippen LogP contribution in [0.15, 0.2) is 24.3 Å². The van der Waals surface area contributed by atoms with Crippen LogP contribution < -0.4 is 4.74 Å². The van der Waals surface area contributed by atoms with Gasteiger partial charge in [0.25, 0.3) is 5.91 Å². The molecule has 1 aromatic rings. The highest BCUT2D eigenvalue weighted by atomic mass is 16.5. The second-order valence-corrected chi connectivity index (χ2v) is 8.65. The SMILES string of the molecule is COC(=O)CCN(C(=O)c1ccc(OC)cc1)C12CC3CC(CC(C3)C1)C2. The molecular weight excluding hydrogens is 342 g/mol. The van der Waals surface area contributed by atoms with E-state index in [1.165, 1.54) is 26.4 Å². The number of hydrogen-bond donors (Lipinski definition) is 0. The number of hydrogen-bond acceptors (Lipinski definition) is 4. The van der Waals surface area contributed by atoms with E-state index in [1.807, 2.05) is 29.2 Å². The van der Waals surface area contributed by atoms with Crippen LogP contribution in [0, 0.1) is 17.8 Å². The average Bonchev–Trinajstić information content (AvgIpc) is 2.66. The third kappa shape index (κ3) is 3.44. The van der Waals surface area contributed by atoms with E-state index < -0.39 is 0 Å². The molecule has 0 N–H and O–H groups in total. The van der Waals surface area contributed by atoms with E-state index >= 15 is 0 Å². The molecule has 5 nitrogen and oxygen atoms in total. The van der Waals surface area contributed by atoms with E-state index in [0.29, 0.717) is 12.1 Å². The maximum Gasteiger partial charge on any atom is 0.307 e. The molecule has 4 aliphatic carbocycles. The number of nitrogens with zero attached hydrogens (tertiary/aromatic N) is 1. The first-order valence-corrected chi connectivity index (χ1v) is 10.1. The van der Waals surface area contributed by atoms with Crippen LogP contribution in [-0.4, -0.2) is 43.1 Å². The zero-order valence-electron chi connectivity index (χ0n) is 16.3. The number of carbonyl (C=O) groups is 2. The minimum absolute atomic E-state index is 0.0310. The molecule has 5 rings (SSSR count). The molecule has 5 heteroatoms. The van der Waals surface area contributed by atoms with E-state index in [2.05, 4.69) is 0 Å². The summed E-state index contributed by atoms with van der Waals surface area (Å²) in [5, 5.41) is 0. The monoisotopic (exact) mass is 371 g/mol. The van der Waals surface area contributed by atoms with Gasteiger partial charge in [-0.25, -0.2) is 0 Å². The second-order valence-electron chi connectivity index (χ2n) is 8.65. The molecule has 1 aromatic carbocycles. The lowest BCUT2D eigenvalue weighted by Crippen LogP contribution is -2.61. The molecular formula is C22H29NO4. The van der Waals surface area contributed by atoms with Gasteiger partial charge < -0.3 is 14.4 Å². The quantitative estimate of drug-likeness (QED) is 0.716. The Morgan fingerprint density at radius 1 is 1.00 bits per heavy atom. The lowest BCUT2D eigenvalue weighted by Gasteiger charge is -2.60. The molecule has 0 heterocycles. The van der Waals surface area contributed by atoms with E-state index in [4.69, 9.17) is 9.47 Å². The Morgan fingerprint density at radius 3 is 2.04 bits per heavy atom. The van der Waals surface area contributed by atoms with Crippen LogP contribution in [-0.2, 0) is 9.53 Å². The summed E-state index contributed by atoms with van der Waals surface area (Å²) in [7, 11) is 3.03. The van der Waals surface area contributed by atoms with Crippen LogP contribution in [0.1, 0.15) is 55.3 Å². The second kappa shape index (κ2) is 7.17. The van der Waals surface area contributed by atoms with Gasteiger partial charge in [0.05, 0.1) is 20.6 Å². The fraction of sp³-hybridized carbons (Fsp3) is 0.636. The Hall–Kier alpha value is -2.04. The van der Waals surface area contributed by atoms with Crippen molar-refractivity contribution in [3.05, 3.63) is 29.8 Å². The maximum absolute atomic E-state index is 13.5. The minimum Gasteiger partial charge on any atom is -0.497 e. The Balaban J connectivity index is 1.62. The number of ether oxygens (including phenoxy) is 2. The zero-order chi connectivity index (χ0) is 19.0. The fourth-order valence-corrected chi connectivity index (χ4v) is 6.14. The smallest absolute Gasteiger partial charge is 0.307 e. The van der Waals surface area contributed by atoms with Crippen molar-refractivity contribution in [1.82, 2.24) is 4.90 Å². The Morgan fingerprint density at radius 2 is 1.56 bits per heavy atom. The van der Waals surface area contributed by atoms with Gasteiger partial charge in [0, 0.05) is 17.6 Å². The molecule has 146 valence electrons. The normalized spacial score (nSPS) is 30.8. The molecule has 0 aliphatic heterocycles. The van der Waals surface area contributed by atoms with E-state index in [-0.39, 0.29) is 23.8 Å². The summed E-state index contributed by atoms with van der Waals surface area (Å²) >= 11 is 0. The van der Waals surface area contributed by atoms with Gasteiger partial charge in [-0.3, -0.25) is 9.59 Å². The van der Waals surface area contributed by atoms with Crippen molar-refractivity contribution in [3.8, 4) is 5.75 Å². The largest absolute Gasteiger partial charge is 0.497 e. The number of carbonyl (C=O) groups excluding carboxylic acids is 2. The first kappa shape index (κ1) is 18.3. The molecule has 27 heavy (non-hydrogen) atoms. The van der Waals surface area contributed by atoms with Crippen molar-refractivity contribution in [3.63, 3.8) is 0 Å². The van der Waals surface area contributed by atoms with Gasteiger partial charge >= 0.3 is 5.97 Å². The number of benzene rings is 1. The first-order chi connectivity index (χ1) is 13.0. The highest BCUT2D eigenvalue weighted by molar-refractivity contribution is 5.95. The molecule has 4 aliphatic rings. The maximum atomic E-state index is 13.5. The Labute approximate surface area is 161 Å². The van der Waals surface area contributed by atoms with Gasteiger partial charge in [-0.05, 0) is 80.5 Å². The third-order valence-electron chi connectivity index (χ3n) is 6.93. The van der Waals surface area contributed by atoms with Crippen molar-refractivity contribution in [1.29, 1.82) is 0 Å². The molecule has 0 atom stereocenters. The van der Waals surface area contributed by atoms with E-state index in [0.717, 1.165) is 42.8 Å².